The highest BCUT2D eigenvalue weighted by Crippen LogP contribution is 2.04. The molecular weight excluding hydrogens is 224 g/mol. The van der Waals surface area contributed by atoms with Crippen molar-refractivity contribution in [2.24, 2.45) is 0 Å². The first kappa shape index (κ1) is 12.9. The zero-order chi connectivity index (χ0) is 11.8. The summed E-state index contributed by atoms with van der Waals surface area (Å²) < 4.78 is 16.4. The first-order valence-electron chi connectivity index (χ1n) is 5.27. The van der Waals surface area contributed by atoms with Crippen molar-refractivity contribution in [1.82, 2.24) is 0 Å². The average molecular weight is 240 g/mol. The summed E-state index contributed by atoms with van der Waals surface area (Å²) in [6, 6.07) is 9.62. The Morgan fingerprint density at radius 2 is 2.00 bits per heavy atom. The molecule has 0 aliphatic carbocycles. The van der Waals surface area contributed by atoms with Crippen LogP contribution in [0.2, 0.25) is 0 Å². The van der Waals surface area contributed by atoms with Crippen molar-refractivity contribution in [2.75, 3.05) is 12.4 Å². The maximum absolute atomic E-state index is 11.6. The fourth-order valence-electron chi connectivity index (χ4n) is 1.26. The molecule has 0 saturated carbocycles. The lowest BCUT2D eigenvalue weighted by atomic mass is 10.2. The normalized spacial score (nSPS) is 12.1. The minimum absolute atomic E-state index is 0.229. The van der Waals surface area contributed by atoms with Crippen LogP contribution >= 0.6 is 0 Å². The standard InChI is InChI=1S/C12H16O3S/c1-2-15-12(13)8-9-16(14)10-11-6-4-3-5-7-11/h3-7H,2,8-10H2,1H3. The van der Waals surface area contributed by atoms with Gasteiger partial charge in [-0.15, -0.1) is 0 Å². The van der Waals surface area contributed by atoms with Crippen LogP contribution in [-0.2, 0) is 26.1 Å². The molecule has 16 heavy (non-hydrogen) atoms. The quantitative estimate of drug-likeness (QED) is 0.713. The van der Waals surface area contributed by atoms with Gasteiger partial charge in [-0.25, -0.2) is 0 Å². The minimum Gasteiger partial charge on any atom is -0.466 e. The van der Waals surface area contributed by atoms with E-state index in [1.807, 2.05) is 30.3 Å². The van der Waals surface area contributed by atoms with Gasteiger partial charge in [0.15, 0.2) is 0 Å². The van der Waals surface area contributed by atoms with E-state index in [4.69, 9.17) is 4.74 Å². The maximum atomic E-state index is 11.6. The van der Waals surface area contributed by atoms with E-state index in [0.29, 0.717) is 18.1 Å². The lowest BCUT2D eigenvalue weighted by Crippen LogP contribution is -2.10. The van der Waals surface area contributed by atoms with Crippen molar-refractivity contribution in [3.05, 3.63) is 35.9 Å². The molecule has 1 aromatic rings. The van der Waals surface area contributed by atoms with E-state index < -0.39 is 10.8 Å². The summed E-state index contributed by atoms with van der Waals surface area (Å²) >= 11 is 0. The summed E-state index contributed by atoms with van der Waals surface area (Å²) in [6.45, 7) is 2.14. The molecule has 0 aliphatic rings. The largest absolute Gasteiger partial charge is 0.466 e. The van der Waals surface area contributed by atoms with Crippen LogP contribution in [0.4, 0.5) is 0 Å². The van der Waals surface area contributed by atoms with Crippen LogP contribution in [0.15, 0.2) is 30.3 Å². The Morgan fingerprint density at radius 3 is 2.62 bits per heavy atom. The van der Waals surface area contributed by atoms with Gasteiger partial charge in [0.05, 0.1) is 13.0 Å². The van der Waals surface area contributed by atoms with Gasteiger partial charge in [-0.1, -0.05) is 30.3 Å². The van der Waals surface area contributed by atoms with Gasteiger partial charge in [-0.2, -0.15) is 0 Å². The molecule has 0 heterocycles. The van der Waals surface area contributed by atoms with E-state index in [1.165, 1.54) is 0 Å². The predicted octanol–water partition coefficient (Wildman–Crippen LogP) is 1.89. The van der Waals surface area contributed by atoms with E-state index in [-0.39, 0.29) is 12.4 Å². The summed E-state index contributed by atoms with van der Waals surface area (Å²) in [7, 11) is -0.996. The molecule has 0 radical (unpaired) electrons. The Bertz CT molecular complexity index is 349. The third-order valence-electron chi connectivity index (χ3n) is 2.01. The van der Waals surface area contributed by atoms with Gasteiger partial charge < -0.3 is 4.74 Å². The van der Waals surface area contributed by atoms with Gasteiger partial charge in [0.1, 0.15) is 0 Å². The highest BCUT2D eigenvalue weighted by Gasteiger charge is 2.06. The summed E-state index contributed by atoms with van der Waals surface area (Å²) in [6.07, 6.45) is 0.229. The summed E-state index contributed by atoms with van der Waals surface area (Å²) in [5, 5.41) is 0. The molecule has 0 saturated heterocycles. The SMILES string of the molecule is CCOC(=O)CCS(=O)Cc1ccccc1. The van der Waals surface area contributed by atoms with E-state index in [9.17, 15) is 9.00 Å². The molecule has 1 rings (SSSR count). The topological polar surface area (TPSA) is 43.4 Å². The highest BCUT2D eigenvalue weighted by atomic mass is 32.2. The molecule has 1 unspecified atom stereocenters. The minimum atomic E-state index is -0.996. The van der Waals surface area contributed by atoms with Crippen LogP contribution in [0.1, 0.15) is 18.9 Å². The van der Waals surface area contributed by atoms with Crippen molar-refractivity contribution < 1.29 is 13.7 Å². The first-order chi connectivity index (χ1) is 7.72. The Kier molecular flexibility index (Phi) is 5.78. The van der Waals surface area contributed by atoms with Crippen LogP contribution in [0.3, 0.4) is 0 Å². The molecule has 3 nitrogen and oxygen atoms in total. The smallest absolute Gasteiger partial charge is 0.306 e. The fraction of sp³-hybridized carbons (Fsp3) is 0.417. The molecule has 1 aromatic carbocycles. The van der Waals surface area contributed by atoms with Gasteiger partial charge in [0, 0.05) is 22.3 Å². The molecule has 0 bridgehead atoms. The molecule has 1 atom stereocenters. The number of ether oxygens (including phenoxy) is 1. The van der Waals surface area contributed by atoms with Crippen molar-refractivity contribution in [3.63, 3.8) is 0 Å². The Morgan fingerprint density at radius 1 is 1.31 bits per heavy atom. The molecule has 0 amide bonds. The number of esters is 1. The van der Waals surface area contributed by atoms with E-state index in [0.717, 1.165) is 5.56 Å². The monoisotopic (exact) mass is 240 g/mol. The summed E-state index contributed by atoms with van der Waals surface area (Å²) in [4.78, 5) is 11.0. The zero-order valence-electron chi connectivity index (χ0n) is 9.35. The Hall–Kier alpha value is -1.16. The van der Waals surface area contributed by atoms with Crippen LogP contribution in [0.5, 0.6) is 0 Å². The number of carbonyl (C=O) groups is 1. The number of rotatable bonds is 6. The molecule has 88 valence electrons. The third kappa shape index (κ3) is 5.07. The third-order valence-corrected chi connectivity index (χ3v) is 3.32. The fourth-order valence-corrected chi connectivity index (χ4v) is 2.37. The molecule has 4 heteroatoms. The first-order valence-corrected chi connectivity index (χ1v) is 6.75. The van der Waals surface area contributed by atoms with Crippen molar-refractivity contribution >= 4 is 16.8 Å². The number of benzene rings is 1. The van der Waals surface area contributed by atoms with E-state index in [1.54, 1.807) is 6.92 Å². The van der Waals surface area contributed by atoms with Gasteiger partial charge in [-0.05, 0) is 12.5 Å². The maximum Gasteiger partial charge on any atom is 0.306 e. The highest BCUT2D eigenvalue weighted by molar-refractivity contribution is 7.84. The van der Waals surface area contributed by atoms with Crippen molar-refractivity contribution in [1.29, 1.82) is 0 Å². The Balaban J connectivity index is 2.29. The zero-order valence-corrected chi connectivity index (χ0v) is 10.2. The van der Waals surface area contributed by atoms with Crippen molar-refractivity contribution in [2.45, 2.75) is 19.1 Å². The van der Waals surface area contributed by atoms with Crippen LogP contribution in [0, 0.1) is 0 Å². The van der Waals surface area contributed by atoms with E-state index >= 15 is 0 Å². The molecule has 0 N–H and O–H groups in total. The van der Waals surface area contributed by atoms with Crippen LogP contribution < -0.4 is 0 Å². The second-order valence-corrected chi connectivity index (χ2v) is 4.91. The lowest BCUT2D eigenvalue weighted by Gasteiger charge is -2.02. The molecule has 0 aromatic heterocycles. The average Bonchev–Trinajstić information content (AvgIpc) is 2.28. The van der Waals surface area contributed by atoms with Crippen molar-refractivity contribution in [3.8, 4) is 0 Å². The molecule has 0 fully saturated rings. The van der Waals surface area contributed by atoms with E-state index in [2.05, 4.69) is 0 Å². The Labute approximate surface area is 98.3 Å². The predicted molar refractivity (Wildman–Crippen MR) is 64.4 cm³/mol. The van der Waals surface area contributed by atoms with Crippen LogP contribution in [0.25, 0.3) is 0 Å². The summed E-state index contributed by atoms with van der Waals surface area (Å²) in [5.74, 6) is 0.595. The second-order valence-electron chi connectivity index (χ2n) is 3.33. The van der Waals surface area contributed by atoms with Gasteiger partial charge in [0.25, 0.3) is 0 Å². The lowest BCUT2D eigenvalue weighted by molar-refractivity contribution is -0.142. The summed E-state index contributed by atoms with van der Waals surface area (Å²) in [5.41, 5.74) is 1.03. The molecule has 0 spiro atoms. The van der Waals surface area contributed by atoms with Crippen LogP contribution in [-0.4, -0.2) is 22.5 Å². The number of hydrogen-bond donors (Lipinski definition) is 0. The van der Waals surface area contributed by atoms with Gasteiger partial charge in [0.2, 0.25) is 0 Å². The second kappa shape index (κ2) is 7.17. The van der Waals surface area contributed by atoms with Gasteiger partial charge >= 0.3 is 5.97 Å². The van der Waals surface area contributed by atoms with Gasteiger partial charge in [-0.3, -0.25) is 9.00 Å². The number of hydrogen-bond acceptors (Lipinski definition) is 3. The number of carbonyl (C=O) groups excluding carboxylic acids is 1. The molecule has 0 aliphatic heterocycles. The molecular formula is C12H16O3S.